The molecule has 60 heavy (non-hydrogen) atoms. The van der Waals surface area contributed by atoms with E-state index in [0.29, 0.717) is 11.6 Å². The minimum absolute atomic E-state index is 0.655. The van der Waals surface area contributed by atoms with Crippen LogP contribution in [-0.4, -0.2) is 34.9 Å². The maximum atomic E-state index is 5.11. The van der Waals surface area contributed by atoms with Gasteiger partial charge in [0.2, 0.25) is 0 Å². The molecule has 0 saturated heterocycles. The summed E-state index contributed by atoms with van der Waals surface area (Å²) < 4.78 is 0. The standard InChI is InChI=1S/C53H35N7/c1-5-16-36(17-6-1)46-33-48(59-52(57-46)38-20-9-3-10-21-38)41-25-15-24-40(30-41)43-31-50(44-26-13-14-29-54-44)56-51(32-43)45-28-27-42(35-55-45)49-34-47(37-18-7-2-8-19-37)58-53(60-49)39-22-11-4-12-23-39/h1-35H. The number of pyridine rings is 3. The van der Waals surface area contributed by atoms with Crippen molar-refractivity contribution >= 4 is 0 Å². The summed E-state index contributed by atoms with van der Waals surface area (Å²) in [6, 6.07) is 67.2. The molecule has 0 unspecified atom stereocenters. The first-order chi connectivity index (χ1) is 29.7. The Balaban J connectivity index is 1.05. The molecule has 282 valence electrons. The Kier molecular flexibility index (Phi) is 9.79. The van der Waals surface area contributed by atoms with Gasteiger partial charge in [0.15, 0.2) is 11.6 Å². The predicted octanol–water partition coefficient (Wildman–Crippen LogP) is 12.5. The lowest BCUT2D eigenvalue weighted by Crippen LogP contribution is -1.97. The number of rotatable bonds is 9. The second-order valence-electron chi connectivity index (χ2n) is 14.2. The molecule has 5 heterocycles. The van der Waals surface area contributed by atoms with Crippen LogP contribution in [0, 0.1) is 0 Å². The molecule has 5 aromatic carbocycles. The molecule has 7 nitrogen and oxygen atoms in total. The highest BCUT2D eigenvalue weighted by molar-refractivity contribution is 5.80. The number of benzene rings is 5. The summed E-state index contributed by atoms with van der Waals surface area (Å²) in [5.74, 6) is 1.33. The summed E-state index contributed by atoms with van der Waals surface area (Å²) in [6.07, 6.45) is 3.65. The Labute approximate surface area is 347 Å². The minimum Gasteiger partial charge on any atom is -0.255 e. The van der Waals surface area contributed by atoms with Crippen LogP contribution in [0.5, 0.6) is 0 Å². The third kappa shape index (κ3) is 7.71. The normalized spacial score (nSPS) is 11.0. The van der Waals surface area contributed by atoms with Crippen LogP contribution in [0.4, 0.5) is 0 Å². The van der Waals surface area contributed by atoms with Crippen molar-refractivity contribution in [1.29, 1.82) is 0 Å². The van der Waals surface area contributed by atoms with E-state index in [1.54, 1.807) is 6.20 Å². The SMILES string of the molecule is c1ccc(-c2cc(-c3ccc(-c4cc(-c5cccc(-c6cc(-c7ccccc7)nc(-c7ccccc7)n6)c5)cc(-c5ccccn5)n4)nc3)nc(-c3ccccc3)n2)cc1. The Bertz CT molecular complexity index is 2940. The lowest BCUT2D eigenvalue weighted by atomic mass is 9.99. The zero-order valence-electron chi connectivity index (χ0n) is 32.3. The van der Waals surface area contributed by atoms with E-state index in [-0.39, 0.29) is 0 Å². The fraction of sp³-hybridized carbons (Fsp3) is 0. The van der Waals surface area contributed by atoms with Gasteiger partial charge in [0, 0.05) is 45.8 Å². The van der Waals surface area contributed by atoms with E-state index >= 15 is 0 Å². The second kappa shape index (κ2) is 16.3. The predicted molar refractivity (Wildman–Crippen MR) is 240 cm³/mol. The quantitative estimate of drug-likeness (QED) is 0.144. The lowest BCUT2D eigenvalue weighted by Gasteiger charge is -2.12. The minimum atomic E-state index is 0.655. The highest BCUT2D eigenvalue weighted by Crippen LogP contribution is 2.34. The van der Waals surface area contributed by atoms with Crippen molar-refractivity contribution in [3.8, 4) is 102 Å². The zero-order valence-corrected chi connectivity index (χ0v) is 32.3. The van der Waals surface area contributed by atoms with E-state index in [2.05, 4.69) is 71.7 Å². The first-order valence-corrected chi connectivity index (χ1v) is 19.7. The van der Waals surface area contributed by atoms with Gasteiger partial charge >= 0.3 is 0 Å². The summed E-state index contributed by atoms with van der Waals surface area (Å²) in [5.41, 5.74) is 14.1. The molecule has 10 aromatic rings. The van der Waals surface area contributed by atoms with E-state index < -0.39 is 0 Å². The molecule has 10 rings (SSSR count). The van der Waals surface area contributed by atoms with Crippen LogP contribution >= 0.6 is 0 Å². The fourth-order valence-corrected chi connectivity index (χ4v) is 7.17. The lowest BCUT2D eigenvalue weighted by molar-refractivity contribution is 1.17. The third-order valence-corrected chi connectivity index (χ3v) is 10.2. The molecule has 7 heteroatoms. The maximum absolute atomic E-state index is 5.11. The number of hydrogen-bond acceptors (Lipinski definition) is 7. The molecule has 0 amide bonds. The summed E-state index contributed by atoms with van der Waals surface area (Å²) in [6.45, 7) is 0. The molecule has 0 bridgehead atoms. The van der Waals surface area contributed by atoms with Gasteiger partial charge in [-0.2, -0.15) is 0 Å². The van der Waals surface area contributed by atoms with Gasteiger partial charge in [0.25, 0.3) is 0 Å². The van der Waals surface area contributed by atoms with Crippen molar-refractivity contribution < 1.29 is 0 Å². The van der Waals surface area contributed by atoms with Crippen LogP contribution in [-0.2, 0) is 0 Å². The highest BCUT2D eigenvalue weighted by atomic mass is 14.9. The van der Waals surface area contributed by atoms with E-state index in [1.807, 2.05) is 140 Å². The van der Waals surface area contributed by atoms with Crippen LogP contribution in [0.3, 0.4) is 0 Å². The van der Waals surface area contributed by atoms with Gasteiger partial charge < -0.3 is 0 Å². The Morgan fingerprint density at radius 2 is 0.667 bits per heavy atom. The molecule has 0 saturated carbocycles. The fourth-order valence-electron chi connectivity index (χ4n) is 7.17. The van der Waals surface area contributed by atoms with Gasteiger partial charge in [-0.15, -0.1) is 0 Å². The largest absolute Gasteiger partial charge is 0.255 e. The monoisotopic (exact) mass is 769 g/mol. The van der Waals surface area contributed by atoms with Crippen LogP contribution in [0.15, 0.2) is 213 Å². The van der Waals surface area contributed by atoms with Gasteiger partial charge in [-0.3, -0.25) is 9.97 Å². The molecular formula is C53H35N7. The molecule has 5 aromatic heterocycles. The molecule has 0 N–H and O–H groups in total. The van der Waals surface area contributed by atoms with Crippen molar-refractivity contribution in [3.63, 3.8) is 0 Å². The summed E-state index contributed by atoms with van der Waals surface area (Å²) in [4.78, 5) is 34.8. The molecule has 0 aliphatic heterocycles. The van der Waals surface area contributed by atoms with E-state index in [0.717, 1.165) is 90.1 Å². The van der Waals surface area contributed by atoms with Crippen molar-refractivity contribution in [2.75, 3.05) is 0 Å². The third-order valence-electron chi connectivity index (χ3n) is 10.2. The van der Waals surface area contributed by atoms with Crippen LogP contribution < -0.4 is 0 Å². The first kappa shape index (κ1) is 36.1. The van der Waals surface area contributed by atoms with Crippen molar-refractivity contribution in [3.05, 3.63) is 213 Å². The van der Waals surface area contributed by atoms with E-state index in [4.69, 9.17) is 29.9 Å². The number of aromatic nitrogens is 7. The topological polar surface area (TPSA) is 90.2 Å². The smallest absolute Gasteiger partial charge is 0.160 e. The molecular weight excluding hydrogens is 735 g/mol. The average Bonchev–Trinajstić information content (AvgIpc) is 3.35. The van der Waals surface area contributed by atoms with Gasteiger partial charge in [-0.1, -0.05) is 146 Å². The zero-order chi connectivity index (χ0) is 40.1. The summed E-state index contributed by atoms with van der Waals surface area (Å²) in [5, 5.41) is 0. The number of nitrogens with zero attached hydrogens (tertiary/aromatic N) is 7. The van der Waals surface area contributed by atoms with Crippen LogP contribution in [0.25, 0.3) is 102 Å². The van der Waals surface area contributed by atoms with E-state index in [9.17, 15) is 0 Å². The molecule has 0 aliphatic carbocycles. The van der Waals surface area contributed by atoms with Crippen LogP contribution in [0.2, 0.25) is 0 Å². The maximum Gasteiger partial charge on any atom is 0.160 e. The molecule has 0 spiro atoms. The van der Waals surface area contributed by atoms with E-state index in [1.165, 1.54) is 0 Å². The Morgan fingerprint density at radius 1 is 0.217 bits per heavy atom. The van der Waals surface area contributed by atoms with Gasteiger partial charge in [-0.25, -0.2) is 24.9 Å². The van der Waals surface area contributed by atoms with Gasteiger partial charge in [0.1, 0.15) is 0 Å². The average molecular weight is 770 g/mol. The summed E-state index contributed by atoms with van der Waals surface area (Å²) in [7, 11) is 0. The molecule has 0 fully saturated rings. The van der Waals surface area contributed by atoms with Crippen LogP contribution in [0.1, 0.15) is 0 Å². The van der Waals surface area contributed by atoms with Gasteiger partial charge in [-0.05, 0) is 65.7 Å². The first-order valence-electron chi connectivity index (χ1n) is 19.7. The Hall–Kier alpha value is -8.29. The molecule has 0 radical (unpaired) electrons. The number of hydrogen-bond donors (Lipinski definition) is 0. The summed E-state index contributed by atoms with van der Waals surface area (Å²) >= 11 is 0. The highest BCUT2D eigenvalue weighted by Gasteiger charge is 2.16. The molecule has 0 aliphatic rings. The van der Waals surface area contributed by atoms with Gasteiger partial charge in [0.05, 0.1) is 45.6 Å². The molecule has 0 atom stereocenters. The van der Waals surface area contributed by atoms with Crippen molar-refractivity contribution in [2.24, 2.45) is 0 Å². The second-order valence-corrected chi connectivity index (χ2v) is 14.2. The van der Waals surface area contributed by atoms with Crippen molar-refractivity contribution in [1.82, 2.24) is 34.9 Å². The van der Waals surface area contributed by atoms with Crippen molar-refractivity contribution in [2.45, 2.75) is 0 Å². The Morgan fingerprint density at radius 3 is 1.17 bits per heavy atom.